The van der Waals surface area contributed by atoms with Crippen molar-refractivity contribution in [2.45, 2.75) is 6.10 Å². The number of anilines is 1. The first-order valence-corrected chi connectivity index (χ1v) is 8.10. The lowest BCUT2D eigenvalue weighted by atomic mass is 10.1. The highest BCUT2D eigenvalue weighted by Crippen LogP contribution is 2.31. The molecule has 1 aliphatic rings. The summed E-state index contributed by atoms with van der Waals surface area (Å²) in [6, 6.07) is 15.3. The Kier molecular flexibility index (Phi) is 4.23. The SMILES string of the molecule is O=C(Nc1ccc(-c2ccncc2)cc1F)C1COc2ccccc2O1. The number of carbonyl (C=O) groups excluding carboxylic acids is 1. The van der Waals surface area contributed by atoms with Crippen LogP contribution in [0.15, 0.2) is 67.0 Å². The number of pyridine rings is 1. The average molecular weight is 350 g/mol. The van der Waals surface area contributed by atoms with E-state index in [0.29, 0.717) is 17.1 Å². The summed E-state index contributed by atoms with van der Waals surface area (Å²) in [5, 5.41) is 2.56. The lowest BCUT2D eigenvalue weighted by Crippen LogP contribution is -2.40. The summed E-state index contributed by atoms with van der Waals surface area (Å²) in [4.78, 5) is 16.3. The van der Waals surface area contributed by atoms with E-state index in [2.05, 4.69) is 10.3 Å². The summed E-state index contributed by atoms with van der Waals surface area (Å²) in [6.07, 6.45) is 2.44. The maximum Gasteiger partial charge on any atom is 0.269 e. The molecule has 130 valence electrons. The Hall–Kier alpha value is -3.41. The van der Waals surface area contributed by atoms with Gasteiger partial charge in [0.2, 0.25) is 6.10 Å². The summed E-state index contributed by atoms with van der Waals surface area (Å²) in [7, 11) is 0. The van der Waals surface area contributed by atoms with Gasteiger partial charge in [-0.15, -0.1) is 0 Å². The minimum absolute atomic E-state index is 0.0690. The Balaban J connectivity index is 1.48. The molecule has 2 aromatic carbocycles. The third-order valence-electron chi connectivity index (χ3n) is 4.04. The quantitative estimate of drug-likeness (QED) is 0.783. The van der Waals surface area contributed by atoms with Crippen LogP contribution in [0.5, 0.6) is 11.5 Å². The molecule has 3 aromatic rings. The number of carbonyl (C=O) groups is 1. The second kappa shape index (κ2) is 6.84. The van der Waals surface area contributed by atoms with Crippen molar-refractivity contribution in [3.05, 3.63) is 72.8 Å². The number of aromatic nitrogens is 1. The summed E-state index contributed by atoms with van der Waals surface area (Å²) in [5.41, 5.74) is 1.64. The maximum absolute atomic E-state index is 14.4. The molecule has 1 unspecified atom stereocenters. The Morgan fingerprint density at radius 3 is 2.58 bits per heavy atom. The fourth-order valence-electron chi connectivity index (χ4n) is 2.70. The van der Waals surface area contributed by atoms with Crippen LogP contribution in [-0.2, 0) is 4.79 Å². The molecule has 0 fully saturated rings. The smallest absolute Gasteiger partial charge is 0.269 e. The molecular formula is C20H15FN2O3. The van der Waals surface area contributed by atoms with Gasteiger partial charge in [-0.3, -0.25) is 9.78 Å². The van der Waals surface area contributed by atoms with E-state index in [1.54, 1.807) is 48.8 Å². The molecule has 0 aliphatic carbocycles. The first-order valence-electron chi connectivity index (χ1n) is 8.10. The third kappa shape index (κ3) is 3.21. The second-order valence-electron chi connectivity index (χ2n) is 5.78. The molecule has 1 N–H and O–H groups in total. The number of fused-ring (bicyclic) bond motifs is 1. The zero-order valence-electron chi connectivity index (χ0n) is 13.7. The second-order valence-corrected chi connectivity index (χ2v) is 5.78. The van der Waals surface area contributed by atoms with Crippen molar-refractivity contribution in [2.75, 3.05) is 11.9 Å². The number of nitrogens with one attached hydrogen (secondary N) is 1. The summed E-state index contributed by atoms with van der Waals surface area (Å²) >= 11 is 0. The molecule has 26 heavy (non-hydrogen) atoms. The van der Waals surface area contributed by atoms with Crippen molar-refractivity contribution >= 4 is 11.6 Å². The maximum atomic E-state index is 14.4. The fraction of sp³-hybridized carbons (Fsp3) is 0.100. The minimum atomic E-state index is -0.843. The van der Waals surface area contributed by atoms with Crippen LogP contribution in [0.1, 0.15) is 0 Å². The molecule has 1 aliphatic heterocycles. The minimum Gasteiger partial charge on any atom is -0.485 e. The van der Waals surface area contributed by atoms with Crippen molar-refractivity contribution in [2.24, 2.45) is 0 Å². The van der Waals surface area contributed by atoms with Gasteiger partial charge < -0.3 is 14.8 Å². The van der Waals surface area contributed by atoms with Crippen molar-refractivity contribution in [1.29, 1.82) is 0 Å². The first kappa shape index (κ1) is 16.1. The summed E-state index contributed by atoms with van der Waals surface area (Å²) < 4.78 is 25.5. The standard InChI is InChI=1S/C20H15FN2O3/c21-15-11-14(13-7-9-22-10-8-13)5-6-16(15)23-20(24)19-12-25-17-3-1-2-4-18(17)26-19/h1-11,19H,12H2,(H,23,24). The lowest BCUT2D eigenvalue weighted by molar-refractivity contribution is -0.125. The van der Waals surface area contributed by atoms with Gasteiger partial charge in [-0.2, -0.15) is 0 Å². The van der Waals surface area contributed by atoms with Gasteiger partial charge in [0.15, 0.2) is 11.5 Å². The van der Waals surface area contributed by atoms with E-state index in [1.807, 2.05) is 6.07 Å². The zero-order chi connectivity index (χ0) is 17.9. The fourth-order valence-corrected chi connectivity index (χ4v) is 2.70. The van der Waals surface area contributed by atoms with Crippen LogP contribution in [0.3, 0.4) is 0 Å². The molecule has 4 rings (SSSR count). The van der Waals surface area contributed by atoms with E-state index in [-0.39, 0.29) is 12.3 Å². The predicted octanol–water partition coefficient (Wildman–Crippen LogP) is 3.67. The average Bonchev–Trinajstić information content (AvgIpc) is 2.69. The molecule has 2 heterocycles. The number of benzene rings is 2. The van der Waals surface area contributed by atoms with Crippen LogP contribution in [0.4, 0.5) is 10.1 Å². The Bertz CT molecular complexity index is 947. The normalized spacial score (nSPS) is 15.3. The van der Waals surface area contributed by atoms with Gasteiger partial charge in [0.1, 0.15) is 12.4 Å². The third-order valence-corrected chi connectivity index (χ3v) is 4.04. The van der Waals surface area contributed by atoms with Crippen LogP contribution in [0.25, 0.3) is 11.1 Å². The predicted molar refractivity (Wildman–Crippen MR) is 94.6 cm³/mol. The first-order chi connectivity index (χ1) is 12.7. The molecule has 0 saturated heterocycles. The van der Waals surface area contributed by atoms with Crippen LogP contribution in [-0.4, -0.2) is 23.6 Å². The zero-order valence-corrected chi connectivity index (χ0v) is 13.7. The van der Waals surface area contributed by atoms with Crippen LogP contribution >= 0.6 is 0 Å². The van der Waals surface area contributed by atoms with Crippen molar-refractivity contribution in [3.63, 3.8) is 0 Å². The molecule has 0 saturated carbocycles. The van der Waals surface area contributed by atoms with Gasteiger partial charge in [-0.05, 0) is 47.5 Å². The number of hydrogen-bond acceptors (Lipinski definition) is 4. The Morgan fingerprint density at radius 2 is 1.81 bits per heavy atom. The van der Waals surface area contributed by atoms with Gasteiger partial charge in [0.05, 0.1) is 5.69 Å². The molecule has 0 radical (unpaired) electrons. The van der Waals surface area contributed by atoms with E-state index in [0.717, 1.165) is 5.56 Å². The van der Waals surface area contributed by atoms with Crippen LogP contribution in [0, 0.1) is 5.82 Å². The highest BCUT2D eigenvalue weighted by molar-refractivity contribution is 5.95. The van der Waals surface area contributed by atoms with Gasteiger partial charge in [0.25, 0.3) is 5.91 Å². The van der Waals surface area contributed by atoms with E-state index in [1.165, 1.54) is 12.1 Å². The van der Waals surface area contributed by atoms with E-state index < -0.39 is 17.8 Å². The van der Waals surface area contributed by atoms with Crippen molar-refractivity contribution < 1.29 is 18.7 Å². The molecule has 0 bridgehead atoms. The lowest BCUT2D eigenvalue weighted by Gasteiger charge is -2.25. The number of nitrogens with zero attached hydrogens (tertiary/aromatic N) is 1. The molecule has 0 spiro atoms. The van der Waals surface area contributed by atoms with Gasteiger partial charge >= 0.3 is 0 Å². The topological polar surface area (TPSA) is 60.5 Å². The van der Waals surface area contributed by atoms with Gasteiger partial charge in [-0.25, -0.2) is 4.39 Å². The molecule has 1 atom stereocenters. The monoisotopic (exact) mass is 350 g/mol. The van der Waals surface area contributed by atoms with Gasteiger partial charge in [0, 0.05) is 12.4 Å². The summed E-state index contributed by atoms with van der Waals surface area (Å²) in [6.45, 7) is 0.0690. The summed E-state index contributed by atoms with van der Waals surface area (Å²) in [5.74, 6) is 0.0942. The molecular weight excluding hydrogens is 335 g/mol. The van der Waals surface area contributed by atoms with Crippen LogP contribution in [0.2, 0.25) is 0 Å². The molecule has 5 nitrogen and oxygen atoms in total. The number of halogens is 1. The van der Waals surface area contributed by atoms with Crippen molar-refractivity contribution in [3.8, 4) is 22.6 Å². The van der Waals surface area contributed by atoms with Crippen LogP contribution < -0.4 is 14.8 Å². The Labute approximate surface area is 149 Å². The number of para-hydroxylation sites is 2. The number of rotatable bonds is 3. The number of hydrogen-bond donors (Lipinski definition) is 1. The van der Waals surface area contributed by atoms with E-state index in [9.17, 15) is 9.18 Å². The highest BCUT2D eigenvalue weighted by Gasteiger charge is 2.27. The van der Waals surface area contributed by atoms with Gasteiger partial charge in [-0.1, -0.05) is 18.2 Å². The van der Waals surface area contributed by atoms with E-state index in [4.69, 9.17) is 9.47 Å². The molecule has 1 aromatic heterocycles. The number of ether oxygens (including phenoxy) is 2. The number of amides is 1. The van der Waals surface area contributed by atoms with E-state index >= 15 is 0 Å². The van der Waals surface area contributed by atoms with Crippen molar-refractivity contribution in [1.82, 2.24) is 4.98 Å². The Morgan fingerprint density at radius 1 is 1.04 bits per heavy atom. The largest absolute Gasteiger partial charge is 0.485 e. The highest BCUT2D eigenvalue weighted by atomic mass is 19.1. The molecule has 1 amide bonds. The molecule has 6 heteroatoms.